The Morgan fingerprint density at radius 2 is 2.38 bits per heavy atom. The summed E-state index contributed by atoms with van der Waals surface area (Å²) in [5, 5.41) is 0. The second-order valence-electron chi connectivity index (χ2n) is 1.91. The molecule has 0 aliphatic rings. The maximum Gasteiger partial charge on any atom is -0.0132 e. The molecule has 0 aromatic carbocycles. The lowest BCUT2D eigenvalue weighted by Crippen LogP contribution is -1.71. The minimum atomic E-state index is 1.13. The topological polar surface area (TPSA) is 0 Å². The van der Waals surface area contributed by atoms with E-state index in [1.165, 1.54) is 12.0 Å². The molecule has 0 bridgehead atoms. The molecule has 0 heteroatoms. The van der Waals surface area contributed by atoms with Crippen LogP contribution in [0.3, 0.4) is 0 Å². The van der Waals surface area contributed by atoms with Crippen LogP contribution >= 0.6 is 0 Å². The molecular weight excluding hydrogens is 96.1 g/mol. The first-order valence-corrected chi connectivity index (χ1v) is 2.93. The number of terminal acetylenes is 1. The minimum Gasteiger partial charge on any atom is -0.115 e. The van der Waals surface area contributed by atoms with Crippen LogP contribution in [0.5, 0.6) is 0 Å². The third kappa shape index (κ3) is 3.49. The van der Waals surface area contributed by atoms with Gasteiger partial charge in [-0.25, -0.2) is 0 Å². The molecule has 0 N–H and O–H groups in total. The molecule has 0 heterocycles. The zero-order valence-corrected chi connectivity index (χ0v) is 5.57. The van der Waals surface area contributed by atoms with Gasteiger partial charge in [-0.15, -0.1) is 6.42 Å². The monoisotopic (exact) mass is 108 g/mol. The summed E-state index contributed by atoms with van der Waals surface area (Å²) in [5.74, 6) is 2.49. The zero-order chi connectivity index (χ0) is 6.41. The van der Waals surface area contributed by atoms with Crippen LogP contribution in [-0.2, 0) is 0 Å². The van der Waals surface area contributed by atoms with Crippen molar-refractivity contribution in [3.63, 3.8) is 0 Å². The van der Waals surface area contributed by atoms with Crippen molar-refractivity contribution in [1.82, 2.24) is 0 Å². The summed E-state index contributed by atoms with van der Waals surface area (Å²) in [6, 6.07) is 0. The Morgan fingerprint density at radius 1 is 1.75 bits per heavy atom. The van der Waals surface area contributed by atoms with Crippen molar-refractivity contribution in [3.05, 3.63) is 11.6 Å². The molecule has 8 heavy (non-hydrogen) atoms. The van der Waals surface area contributed by atoms with Gasteiger partial charge in [0.25, 0.3) is 0 Å². The Bertz CT molecular complexity index is 112. The van der Waals surface area contributed by atoms with E-state index in [0.29, 0.717) is 0 Å². The lowest BCUT2D eigenvalue weighted by molar-refractivity contribution is 0.906. The fourth-order valence-corrected chi connectivity index (χ4v) is 0.609. The molecule has 0 aliphatic heterocycles. The largest absolute Gasteiger partial charge is 0.115 e. The summed E-state index contributed by atoms with van der Waals surface area (Å²) in [6.45, 7) is 4.21. The minimum absolute atomic E-state index is 1.13. The number of rotatable bonds is 2. The van der Waals surface area contributed by atoms with Crippen molar-refractivity contribution in [2.75, 3.05) is 0 Å². The van der Waals surface area contributed by atoms with E-state index >= 15 is 0 Å². The van der Waals surface area contributed by atoms with Crippen molar-refractivity contribution in [1.29, 1.82) is 0 Å². The van der Waals surface area contributed by atoms with Gasteiger partial charge in [-0.3, -0.25) is 0 Å². The van der Waals surface area contributed by atoms with Gasteiger partial charge in [0.1, 0.15) is 0 Å². The fourth-order valence-electron chi connectivity index (χ4n) is 0.609. The van der Waals surface area contributed by atoms with Crippen molar-refractivity contribution in [2.45, 2.75) is 26.7 Å². The van der Waals surface area contributed by atoms with E-state index in [-0.39, 0.29) is 0 Å². The van der Waals surface area contributed by atoms with Crippen LogP contribution in [-0.4, -0.2) is 0 Å². The number of hydrogen-bond donors (Lipinski definition) is 0. The van der Waals surface area contributed by atoms with E-state index in [2.05, 4.69) is 19.8 Å². The molecule has 0 fully saturated rings. The van der Waals surface area contributed by atoms with Gasteiger partial charge >= 0.3 is 0 Å². The maximum absolute atomic E-state index is 5.03. The zero-order valence-electron chi connectivity index (χ0n) is 5.57. The summed E-state index contributed by atoms with van der Waals surface area (Å²) >= 11 is 0. The SMILES string of the molecule is C#CC=C(C)CCC. The maximum atomic E-state index is 5.03. The van der Waals surface area contributed by atoms with Crippen molar-refractivity contribution >= 4 is 0 Å². The normalized spacial score (nSPS) is 10.9. The van der Waals surface area contributed by atoms with E-state index in [1.807, 2.05) is 6.08 Å². The first-order valence-electron chi connectivity index (χ1n) is 2.93. The predicted molar refractivity (Wildman–Crippen MR) is 37.5 cm³/mol. The van der Waals surface area contributed by atoms with Gasteiger partial charge < -0.3 is 0 Å². The molecule has 0 unspecified atom stereocenters. The summed E-state index contributed by atoms with van der Waals surface area (Å²) in [6.07, 6.45) is 9.17. The molecule has 0 aromatic heterocycles. The van der Waals surface area contributed by atoms with E-state index in [9.17, 15) is 0 Å². The number of hydrogen-bond acceptors (Lipinski definition) is 0. The van der Waals surface area contributed by atoms with Crippen LogP contribution in [0.4, 0.5) is 0 Å². The van der Waals surface area contributed by atoms with E-state index in [4.69, 9.17) is 6.42 Å². The molecule has 0 aromatic rings. The van der Waals surface area contributed by atoms with Crippen LogP contribution in [0, 0.1) is 12.3 Å². The standard InChI is InChI=1S/C8H12/c1-4-6-8(3)7-5-2/h1,6H,5,7H2,2-3H3. The lowest BCUT2D eigenvalue weighted by Gasteiger charge is -1.90. The highest BCUT2D eigenvalue weighted by molar-refractivity contribution is 5.15. The van der Waals surface area contributed by atoms with Gasteiger partial charge in [-0.2, -0.15) is 0 Å². The fraction of sp³-hybridized carbons (Fsp3) is 0.500. The van der Waals surface area contributed by atoms with Gasteiger partial charge in [-0.05, 0) is 19.4 Å². The Labute approximate surface area is 51.6 Å². The smallest absolute Gasteiger partial charge is 0.0132 e. The van der Waals surface area contributed by atoms with Crippen molar-refractivity contribution < 1.29 is 0 Å². The quantitative estimate of drug-likeness (QED) is 0.476. The average Bonchev–Trinajstić information content (AvgIpc) is 1.68. The second-order valence-corrected chi connectivity index (χ2v) is 1.91. The molecule has 0 amide bonds. The Hall–Kier alpha value is -0.700. The summed E-state index contributed by atoms with van der Waals surface area (Å²) in [4.78, 5) is 0. The second kappa shape index (κ2) is 4.46. The Balaban J connectivity index is 3.49. The first kappa shape index (κ1) is 7.30. The highest BCUT2D eigenvalue weighted by Crippen LogP contribution is 2.00. The van der Waals surface area contributed by atoms with Crippen LogP contribution in [0.1, 0.15) is 26.7 Å². The van der Waals surface area contributed by atoms with Gasteiger partial charge in [0.2, 0.25) is 0 Å². The molecule has 44 valence electrons. The van der Waals surface area contributed by atoms with Gasteiger partial charge in [-0.1, -0.05) is 24.8 Å². The Morgan fingerprint density at radius 3 is 2.75 bits per heavy atom. The highest BCUT2D eigenvalue weighted by atomic mass is 13.9. The van der Waals surface area contributed by atoms with E-state index in [0.717, 1.165) is 6.42 Å². The molecule has 0 saturated heterocycles. The van der Waals surface area contributed by atoms with Gasteiger partial charge in [0, 0.05) is 0 Å². The van der Waals surface area contributed by atoms with Crippen LogP contribution in [0.25, 0.3) is 0 Å². The summed E-state index contributed by atoms with van der Waals surface area (Å²) in [5.41, 5.74) is 1.30. The van der Waals surface area contributed by atoms with Crippen LogP contribution in [0.15, 0.2) is 11.6 Å². The molecule has 0 spiro atoms. The predicted octanol–water partition coefficient (Wildman–Crippen LogP) is 2.37. The lowest BCUT2D eigenvalue weighted by atomic mass is 10.2. The first-order chi connectivity index (χ1) is 3.81. The third-order valence-electron chi connectivity index (χ3n) is 0.974. The molecule has 0 rings (SSSR count). The van der Waals surface area contributed by atoms with E-state index < -0.39 is 0 Å². The average molecular weight is 108 g/mol. The summed E-state index contributed by atoms with van der Waals surface area (Å²) in [7, 11) is 0. The molecule has 0 saturated carbocycles. The van der Waals surface area contributed by atoms with Crippen LogP contribution < -0.4 is 0 Å². The molecule has 0 radical (unpaired) electrons. The number of allylic oxidation sites excluding steroid dienone is 2. The molecular formula is C8H12. The molecule has 0 atom stereocenters. The van der Waals surface area contributed by atoms with Crippen molar-refractivity contribution in [2.24, 2.45) is 0 Å². The third-order valence-corrected chi connectivity index (χ3v) is 0.974. The van der Waals surface area contributed by atoms with Crippen LogP contribution in [0.2, 0.25) is 0 Å². The van der Waals surface area contributed by atoms with Gasteiger partial charge in [0.05, 0.1) is 0 Å². The van der Waals surface area contributed by atoms with E-state index in [1.54, 1.807) is 0 Å². The highest BCUT2D eigenvalue weighted by Gasteiger charge is 1.81. The van der Waals surface area contributed by atoms with Crippen molar-refractivity contribution in [3.8, 4) is 12.3 Å². The Kier molecular flexibility index (Phi) is 4.07. The molecule has 0 nitrogen and oxygen atoms in total. The molecule has 0 aliphatic carbocycles. The van der Waals surface area contributed by atoms with Gasteiger partial charge in [0.15, 0.2) is 0 Å². The summed E-state index contributed by atoms with van der Waals surface area (Å²) < 4.78 is 0.